The lowest BCUT2D eigenvalue weighted by Gasteiger charge is -2.39. The summed E-state index contributed by atoms with van der Waals surface area (Å²) in [6, 6.07) is 0. The van der Waals surface area contributed by atoms with Crippen LogP contribution in [0.2, 0.25) is 0 Å². The number of Topliss-reactive ketones (excluding diaryl/α,β-unsaturated/α-hetero) is 1. The number of fused-ring (bicyclic) bond motifs is 1. The Morgan fingerprint density at radius 1 is 1.31 bits per heavy atom. The molecule has 0 saturated heterocycles. The normalized spacial score (nSPS) is 29.8. The Balaban J connectivity index is 2.50. The van der Waals surface area contributed by atoms with Crippen molar-refractivity contribution < 1.29 is 37.8 Å². The van der Waals surface area contributed by atoms with E-state index in [1.165, 1.54) is 18.2 Å². The largest absolute Gasteiger partial charge is 0.465 e. The number of ether oxygens (including phenoxy) is 1. The van der Waals surface area contributed by atoms with Crippen LogP contribution in [0.4, 0.5) is 0 Å². The van der Waals surface area contributed by atoms with E-state index in [1.54, 1.807) is 13.0 Å². The molecule has 1 saturated carbocycles. The number of allylic oxidation sites excluding steroid dienone is 2. The molecule has 0 bridgehead atoms. The molecule has 0 radical (unpaired) electrons. The van der Waals surface area contributed by atoms with Crippen molar-refractivity contribution in [3.8, 4) is 0 Å². The monoisotopic (exact) mass is 384 g/mol. The van der Waals surface area contributed by atoms with Gasteiger partial charge in [-0.25, -0.2) is 4.57 Å². The minimum absolute atomic E-state index is 0.0786. The number of aliphatic hydroxyl groups is 1. The van der Waals surface area contributed by atoms with E-state index in [4.69, 9.17) is 13.8 Å². The summed E-state index contributed by atoms with van der Waals surface area (Å²) >= 11 is 0. The summed E-state index contributed by atoms with van der Waals surface area (Å²) in [4.78, 5) is 28.3. The van der Waals surface area contributed by atoms with Crippen molar-refractivity contribution in [2.45, 2.75) is 25.4 Å². The zero-order chi connectivity index (χ0) is 19.6. The molecule has 0 aromatic rings. The third-order valence-corrected chi connectivity index (χ3v) is 6.72. The highest BCUT2D eigenvalue weighted by atomic mass is 31.2. The van der Waals surface area contributed by atoms with Gasteiger partial charge in [-0.05, 0) is 19.8 Å². The van der Waals surface area contributed by atoms with Crippen LogP contribution in [0.3, 0.4) is 0 Å². The average molecular weight is 384 g/mol. The molecule has 0 amide bonds. The molecule has 0 aromatic carbocycles. The van der Waals surface area contributed by atoms with Crippen molar-refractivity contribution in [3.63, 3.8) is 0 Å². The molecule has 0 aromatic heterocycles. The fraction of sp³-hybridized carbons (Fsp3) is 0.562. The Kier molecular flexibility index (Phi) is 5.80. The van der Waals surface area contributed by atoms with Gasteiger partial charge in [0.25, 0.3) is 5.78 Å². The topological polar surface area (TPSA) is 136 Å². The fourth-order valence-corrected chi connectivity index (χ4v) is 4.60. The van der Waals surface area contributed by atoms with Crippen molar-refractivity contribution in [2.75, 3.05) is 20.8 Å². The number of rotatable bonds is 7. The summed E-state index contributed by atoms with van der Waals surface area (Å²) in [6.07, 6.45) is 6.14. The van der Waals surface area contributed by atoms with Gasteiger partial charge in [0, 0.05) is 14.2 Å². The first-order chi connectivity index (χ1) is 12.3. The molecule has 0 aliphatic heterocycles. The van der Waals surface area contributed by atoms with Crippen LogP contribution < -0.4 is 0 Å². The van der Waals surface area contributed by atoms with E-state index in [0.717, 1.165) is 14.2 Å². The second-order valence-corrected chi connectivity index (χ2v) is 8.13. The van der Waals surface area contributed by atoms with E-state index < -0.39 is 41.7 Å². The molecule has 2 rings (SSSR count). The molecule has 1 N–H and O–H groups in total. The van der Waals surface area contributed by atoms with Crippen molar-refractivity contribution in [1.29, 1.82) is 0 Å². The maximum Gasteiger partial charge on any atom is 0.446 e. The highest BCUT2D eigenvalue weighted by Gasteiger charge is 2.67. The van der Waals surface area contributed by atoms with E-state index in [1.807, 2.05) is 0 Å². The minimum atomic E-state index is -4.15. The zero-order valence-corrected chi connectivity index (χ0v) is 15.6. The Hall–Kier alpha value is -1.89. The molecule has 0 spiro atoms. The predicted molar refractivity (Wildman–Crippen MR) is 90.3 cm³/mol. The van der Waals surface area contributed by atoms with E-state index in [9.17, 15) is 24.8 Å². The van der Waals surface area contributed by atoms with Gasteiger partial charge in [-0.1, -0.05) is 24.3 Å². The molecule has 0 unspecified atom stereocenters. The second kappa shape index (κ2) is 7.39. The van der Waals surface area contributed by atoms with Crippen LogP contribution in [-0.2, 0) is 27.9 Å². The van der Waals surface area contributed by atoms with Gasteiger partial charge in [0.15, 0.2) is 0 Å². The van der Waals surface area contributed by atoms with Gasteiger partial charge in [-0.15, -0.1) is 0 Å². The first-order valence-corrected chi connectivity index (χ1v) is 9.55. The quantitative estimate of drug-likeness (QED) is 0.231. The summed E-state index contributed by atoms with van der Waals surface area (Å²) in [5.74, 6) is -2.78. The highest BCUT2D eigenvalue weighted by Crippen LogP contribution is 2.56. The number of hydrogen-bond donors (Lipinski definition) is 1. The summed E-state index contributed by atoms with van der Waals surface area (Å²) in [5.41, 5.74) is 5.01. The third-order valence-electron chi connectivity index (χ3n) is 4.93. The summed E-state index contributed by atoms with van der Waals surface area (Å²) in [6.45, 7) is 1.75. The van der Waals surface area contributed by atoms with Crippen molar-refractivity contribution in [3.05, 3.63) is 29.8 Å². The molecule has 10 heteroatoms. The smallest absolute Gasteiger partial charge is 0.446 e. The van der Waals surface area contributed by atoms with Crippen molar-refractivity contribution >= 4 is 24.8 Å². The summed E-state index contributed by atoms with van der Waals surface area (Å²) in [5, 5.41) is 11.3. The number of carbonyl (C=O) groups is 2. The Morgan fingerprint density at radius 2 is 1.92 bits per heavy atom. The van der Waals surface area contributed by atoms with Gasteiger partial charge in [-0.2, -0.15) is 4.79 Å². The number of esters is 1. The third kappa shape index (κ3) is 2.82. The summed E-state index contributed by atoms with van der Waals surface area (Å²) in [7, 11) is -2.07. The molecule has 142 valence electrons. The first-order valence-electron chi connectivity index (χ1n) is 8.01. The van der Waals surface area contributed by atoms with Gasteiger partial charge >= 0.3 is 19.0 Å². The van der Waals surface area contributed by atoms with E-state index in [2.05, 4.69) is 4.79 Å². The lowest BCUT2D eigenvalue weighted by Crippen LogP contribution is -2.54. The second-order valence-electron chi connectivity index (χ2n) is 5.98. The number of hydrogen-bond acceptors (Lipinski definition) is 7. The van der Waals surface area contributed by atoms with Crippen LogP contribution in [0, 0.1) is 11.3 Å². The maximum atomic E-state index is 12.9. The predicted octanol–water partition coefficient (Wildman–Crippen LogP) is 1.49. The van der Waals surface area contributed by atoms with E-state index >= 15 is 0 Å². The van der Waals surface area contributed by atoms with Crippen LogP contribution in [0.25, 0.3) is 5.53 Å². The Labute approximate surface area is 150 Å². The Bertz CT molecular complexity index is 763. The van der Waals surface area contributed by atoms with Crippen LogP contribution in [0.1, 0.15) is 19.8 Å². The van der Waals surface area contributed by atoms with Crippen LogP contribution >= 0.6 is 7.60 Å². The minimum Gasteiger partial charge on any atom is -0.465 e. The maximum absolute atomic E-state index is 12.9. The molecule has 2 aliphatic carbocycles. The van der Waals surface area contributed by atoms with Crippen LogP contribution in [-0.4, -0.2) is 53.5 Å². The highest BCUT2D eigenvalue weighted by molar-refractivity contribution is 7.74. The van der Waals surface area contributed by atoms with Gasteiger partial charge in [0.2, 0.25) is 0 Å². The lowest BCUT2D eigenvalue weighted by molar-refractivity contribution is -0.164. The van der Waals surface area contributed by atoms with Gasteiger partial charge in [-0.3, -0.25) is 9.59 Å². The first kappa shape index (κ1) is 20.4. The molecular formula is C16H21N2O7P. The summed E-state index contributed by atoms with van der Waals surface area (Å²) < 4.78 is 27.0. The van der Waals surface area contributed by atoms with Crippen LogP contribution in [0.15, 0.2) is 24.3 Å². The molecule has 3 atom stereocenters. The molecule has 0 heterocycles. The van der Waals surface area contributed by atoms with Crippen LogP contribution in [0.5, 0.6) is 0 Å². The molecule has 26 heavy (non-hydrogen) atoms. The molecule has 9 nitrogen and oxygen atoms in total. The molecule has 1 fully saturated rings. The zero-order valence-electron chi connectivity index (χ0n) is 14.7. The van der Waals surface area contributed by atoms with Gasteiger partial charge in [0.05, 0.1) is 12.5 Å². The Morgan fingerprint density at radius 3 is 2.46 bits per heavy atom. The lowest BCUT2D eigenvalue weighted by atomic mass is 9.68. The van der Waals surface area contributed by atoms with Crippen molar-refractivity contribution in [2.24, 2.45) is 11.3 Å². The van der Waals surface area contributed by atoms with Crippen molar-refractivity contribution in [1.82, 2.24) is 0 Å². The molecule has 2 aliphatic rings. The number of carbonyl (C=O) groups excluding carboxylic acids is 2. The van der Waals surface area contributed by atoms with Gasteiger partial charge < -0.3 is 24.4 Å². The number of nitrogens with zero attached hydrogens (tertiary/aromatic N) is 2. The average Bonchev–Trinajstić information content (AvgIpc) is 2.96. The standard InChI is InChI=1S/C16H21N2O7P/c1-4-25-14(20)15-8-5-6-9-16(15,21)11(7-10-15)12(19)13(18-17)26(22,23-2)24-3/h5-6,8-9,11,21H,4,7,10H2,1-3H3/t11-,15+,16+/m1/s1. The SMILES string of the molecule is CCOC(=O)[C@@]12C=CC=C[C@]1(O)[C@@H](C(=O)C(=[N+]=[N-])P(=O)(OC)OC)CC2. The van der Waals surface area contributed by atoms with E-state index in [0.29, 0.717) is 0 Å². The fourth-order valence-electron chi connectivity index (χ4n) is 3.57. The number of ketones is 1. The van der Waals surface area contributed by atoms with Gasteiger partial charge in [0.1, 0.15) is 11.0 Å². The van der Waals surface area contributed by atoms with E-state index in [-0.39, 0.29) is 19.4 Å². The molecular weight excluding hydrogens is 363 g/mol.